The van der Waals surface area contributed by atoms with Crippen molar-refractivity contribution in [2.75, 3.05) is 13.2 Å². The van der Waals surface area contributed by atoms with Crippen LogP contribution in [0, 0.1) is 0 Å². The van der Waals surface area contributed by atoms with Crippen LogP contribution in [-0.2, 0) is 67.5 Å². The maximum Gasteiger partial charge on any atom is 0.311 e. The Balaban J connectivity index is -0.0000000548. The van der Waals surface area contributed by atoms with Crippen molar-refractivity contribution in [2.24, 2.45) is 0 Å². The Morgan fingerprint density at radius 3 is 0.605 bits per heavy atom. The Labute approximate surface area is 712 Å². The van der Waals surface area contributed by atoms with Gasteiger partial charge < -0.3 is 28.4 Å². The van der Waals surface area contributed by atoms with Gasteiger partial charge in [0.1, 0.15) is 36.2 Å². The Hall–Kier alpha value is -7.86. The maximum absolute atomic E-state index is 11.2. The number of hydrogen-bond acceptors (Lipinski definition) is 12. The first-order valence-corrected chi connectivity index (χ1v) is 45.7. The van der Waals surface area contributed by atoms with E-state index in [1.807, 2.05) is 466 Å². The lowest BCUT2D eigenvalue weighted by atomic mass is 10.0. The fraction of sp³-hybridized carbons (Fsp3) is 0.588. The van der Waals surface area contributed by atoms with Crippen molar-refractivity contribution in [1.82, 2.24) is 0 Å². The van der Waals surface area contributed by atoms with Crippen LogP contribution >= 0.6 is 0 Å². The molecule has 12 rings (SSSR count). The molecule has 672 valence electrons. The number of benzene rings is 6. The van der Waals surface area contributed by atoms with Gasteiger partial charge in [-0.3, -0.25) is 28.8 Å². The summed E-state index contributed by atoms with van der Waals surface area (Å²) in [5.74, 6) is 2.79. The highest BCUT2D eigenvalue weighted by molar-refractivity contribution is 6.00. The molecular weight excluding hydrogens is 1420 g/mol. The van der Waals surface area contributed by atoms with Crippen LogP contribution in [-0.4, -0.2) is 48.7 Å². The van der Waals surface area contributed by atoms with E-state index in [1.165, 1.54) is 0 Å². The van der Waals surface area contributed by atoms with E-state index >= 15 is 0 Å². The van der Waals surface area contributed by atoms with Crippen molar-refractivity contribution < 1.29 is 57.2 Å². The summed E-state index contributed by atoms with van der Waals surface area (Å²) in [6.07, 6.45) is 4.53. The van der Waals surface area contributed by atoms with Gasteiger partial charge >= 0.3 is 23.9 Å². The van der Waals surface area contributed by atoms with Gasteiger partial charge in [-0.25, -0.2) is 0 Å². The molecule has 6 aromatic carbocycles. The predicted octanol–water partition coefficient (Wildman–Crippen LogP) is 33.6. The standard InChI is InChI=1S/6C9H8O2.24C2H6/c2*10-9-5-7-3-1-2-4-8(7)6-11-9;2*10-8-5-6-11-9-4-2-1-3-7(8)9;2*10-9-6-5-7-3-1-2-4-8(7)11-9;24*1-2/h6*1-4H,5-6H2;24*1-2H3. The molecular formula is C102H192O12. The second kappa shape index (κ2) is 147. The van der Waals surface area contributed by atoms with Crippen molar-refractivity contribution in [3.8, 4) is 23.0 Å². The summed E-state index contributed by atoms with van der Waals surface area (Å²) in [5.41, 5.74) is 8.17. The van der Waals surface area contributed by atoms with Crippen LogP contribution in [0.25, 0.3) is 0 Å². The van der Waals surface area contributed by atoms with Crippen LogP contribution in [0.4, 0.5) is 0 Å². The molecule has 0 radical (unpaired) electrons. The molecule has 0 aliphatic carbocycles. The molecule has 0 N–H and O–H groups in total. The third-order valence-electron chi connectivity index (χ3n) is 10.8. The number of Topliss-reactive ketones (excluding diaryl/α,β-unsaturated/α-hetero) is 2. The maximum atomic E-state index is 11.2. The van der Waals surface area contributed by atoms with Crippen molar-refractivity contribution in [3.05, 3.63) is 190 Å². The number of carbonyl (C=O) groups excluding carboxylic acids is 6. The van der Waals surface area contributed by atoms with E-state index in [9.17, 15) is 28.8 Å². The van der Waals surface area contributed by atoms with E-state index in [0.29, 0.717) is 65.0 Å². The molecule has 0 aromatic heterocycles. The van der Waals surface area contributed by atoms with Crippen molar-refractivity contribution in [1.29, 1.82) is 0 Å². The first-order chi connectivity index (χ1) is 56.2. The zero-order chi connectivity index (χ0) is 94.1. The topological polar surface area (TPSA) is 158 Å². The van der Waals surface area contributed by atoms with Gasteiger partial charge in [0.05, 0.1) is 50.0 Å². The number of hydrogen-bond donors (Lipinski definition) is 0. The molecule has 114 heavy (non-hydrogen) atoms. The minimum atomic E-state index is -0.122. The molecule has 6 aliphatic heterocycles. The van der Waals surface area contributed by atoms with E-state index in [-0.39, 0.29) is 35.4 Å². The SMILES string of the molecule is CC.CC.CC.CC.CC.CC.CC.CC.CC.CC.CC.CC.CC.CC.CC.CC.CC.CC.CC.CC.CC.CC.CC.CC.O=C1CCOc2ccccc21.O=C1CCOc2ccccc21.O=C1CCc2ccccc2O1.O=C1CCc2ccccc2O1.O=C1Cc2ccccc2CO1.O=C1Cc2ccccc2CO1. The molecule has 0 spiro atoms. The molecule has 0 fully saturated rings. The number of rotatable bonds is 0. The highest BCUT2D eigenvalue weighted by Gasteiger charge is 2.20. The van der Waals surface area contributed by atoms with Crippen LogP contribution in [0.15, 0.2) is 146 Å². The third-order valence-corrected chi connectivity index (χ3v) is 10.8. The molecule has 12 nitrogen and oxygen atoms in total. The van der Waals surface area contributed by atoms with E-state index in [1.54, 1.807) is 12.1 Å². The molecule has 0 atom stereocenters. The van der Waals surface area contributed by atoms with Gasteiger partial charge in [-0.05, 0) is 82.6 Å². The molecule has 6 aliphatic rings. The summed E-state index contributed by atoms with van der Waals surface area (Å²) in [5, 5.41) is 0. The predicted molar refractivity (Wildman–Crippen MR) is 515 cm³/mol. The van der Waals surface area contributed by atoms with Crippen LogP contribution < -0.4 is 18.9 Å². The van der Waals surface area contributed by atoms with E-state index in [2.05, 4.69) is 0 Å². The second-order valence-electron chi connectivity index (χ2n) is 15.4. The Morgan fingerprint density at radius 1 is 0.184 bits per heavy atom. The van der Waals surface area contributed by atoms with Crippen LogP contribution in [0.2, 0.25) is 0 Å². The average Bonchev–Trinajstić information content (AvgIpc) is 0.881. The van der Waals surface area contributed by atoms with Gasteiger partial charge in [0.2, 0.25) is 0 Å². The smallest absolute Gasteiger partial charge is 0.311 e. The van der Waals surface area contributed by atoms with Crippen LogP contribution in [0.1, 0.15) is 412 Å². The number of esters is 4. The average molecular weight is 1610 g/mol. The van der Waals surface area contributed by atoms with Gasteiger partial charge in [-0.15, -0.1) is 0 Å². The van der Waals surface area contributed by atoms with Gasteiger partial charge in [0.25, 0.3) is 0 Å². The summed E-state index contributed by atoms with van der Waals surface area (Å²) in [4.78, 5) is 65.6. The molecule has 0 unspecified atom stereocenters. The zero-order valence-corrected chi connectivity index (χ0v) is 84.2. The van der Waals surface area contributed by atoms with E-state index < -0.39 is 0 Å². The third kappa shape index (κ3) is 85.0. The minimum Gasteiger partial charge on any atom is -0.492 e. The summed E-state index contributed by atoms with van der Waals surface area (Å²) in [6, 6.07) is 45.7. The highest BCUT2D eigenvalue weighted by Crippen LogP contribution is 2.27. The lowest BCUT2D eigenvalue weighted by Crippen LogP contribution is -2.15. The summed E-state index contributed by atoms with van der Waals surface area (Å²) < 4.78 is 30.3. The van der Waals surface area contributed by atoms with Crippen LogP contribution in [0.5, 0.6) is 23.0 Å². The quantitative estimate of drug-likeness (QED) is 0.105. The molecule has 12 heteroatoms. The van der Waals surface area contributed by atoms with Gasteiger partial charge in [0.15, 0.2) is 11.6 Å². The Morgan fingerprint density at radius 2 is 0.377 bits per heavy atom. The van der Waals surface area contributed by atoms with Crippen LogP contribution in [0.3, 0.4) is 0 Å². The Kier molecular flexibility index (Phi) is 194. The largest absolute Gasteiger partial charge is 0.492 e. The van der Waals surface area contributed by atoms with E-state index in [0.717, 1.165) is 80.3 Å². The van der Waals surface area contributed by atoms with Crippen molar-refractivity contribution >= 4 is 35.4 Å². The van der Waals surface area contributed by atoms with Crippen molar-refractivity contribution in [3.63, 3.8) is 0 Å². The number of cyclic esters (lactones) is 2. The van der Waals surface area contributed by atoms with Gasteiger partial charge in [-0.2, -0.15) is 0 Å². The zero-order valence-electron chi connectivity index (χ0n) is 84.2. The minimum absolute atomic E-state index is 0.122. The second-order valence-corrected chi connectivity index (χ2v) is 15.4. The molecule has 6 heterocycles. The summed E-state index contributed by atoms with van der Waals surface area (Å²) in [7, 11) is 0. The van der Waals surface area contributed by atoms with Crippen molar-refractivity contribution in [2.45, 2.75) is 397 Å². The Bertz CT molecular complexity index is 2400. The normalized spacial score (nSPS) is 10.2. The number of carbonyl (C=O) groups is 6. The molecule has 0 bridgehead atoms. The summed E-state index contributed by atoms with van der Waals surface area (Å²) in [6.45, 7) is 97.9. The number of ketones is 2. The number of aryl methyl sites for hydroxylation is 2. The molecule has 6 aromatic rings. The van der Waals surface area contributed by atoms with Gasteiger partial charge in [-0.1, -0.05) is 442 Å². The fourth-order valence-electron chi connectivity index (χ4n) is 7.33. The lowest BCUT2D eigenvalue weighted by molar-refractivity contribution is -0.146. The number of para-hydroxylation sites is 4. The number of ether oxygens (including phenoxy) is 6. The first kappa shape index (κ1) is 151. The molecule has 0 amide bonds. The monoisotopic (exact) mass is 1610 g/mol. The summed E-state index contributed by atoms with van der Waals surface area (Å²) >= 11 is 0. The first-order valence-electron chi connectivity index (χ1n) is 45.7. The fourth-order valence-corrected chi connectivity index (χ4v) is 7.33. The molecule has 0 saturated heterocycles. The van der Waals surface area contributed by atoms with E-state index in [4.69, 9.17) is 28.4 Å². The lowest BCUT2D eigenvalue weighted by Gasteiger charge is -2.14. The molecule has 0 saturated carbocycles. The number of fused-ring (bicyclic) bond motifs is 6. The highest BCUT2D eigenvalue weighted by atomic mass is 16.5. The van der Waals surface area contributed by atoms with Gasteiger partial charge in [0, 0.05) is 12.8 Å².